The summed E-state index contributed by atoms with van der Waals surface area (Å²) in [5, 5.41) is 0.819. The van der Waals surface area contributed by atoms with E-state index in [-0.39, 0.29) is 6.01 Å². The topological polar surface area (TPSA) is 83.2 Å². The molecule has 106 valence electrons. The molecule has 2 heterocycles. The Balaban J connectivity index is 2.04. The maximum absolute atomic E-state index is 5.93. The average Bonchev–Trinajstić information content (AvgIpc) is 2.52. The second kappa shape index (κ2) is 5.53. The highest BCUT2D eigenvalue weighted by Crippen LogP contribution is 2.31. The first-order valence-electron chi connectivity index (χ1n) is 6.06. The van der Waals surface area contributed by atoms with Crippen molar-refractivity contribution in [3.63, 3.8) is 0 Å². The summed E-state index contributed by atoms with van der Waals surface area (Å²) in [5.41, 5.74) is 7.23. The molecule has 6 nitrogen and oxygen atoms in total. The molecule has 0 aliphatic rings. The third-order valence-electron chi connectivity index (χ3n) is 2.85. The van der Waals surface area contributed by atoms with E-state index in [0.717, 1.165) is 5.39 Å². The van der Waals surface area contributed by atoms with Crippen molar-refractivity contribution in [1.82, 2.24) is 15.0 Å². The lowest BCUT2D eigenvalue weighted by atomic mass is 10.2. The quantitative estimate of drug-likeness (QED) is 0.733. The van der Waals surface area contributed by atoms with Crippen molar-refractivity contribution in [1.29, 1.82) is 0 Å². The number of benzene rings is 1. The number of halogens is 1. The molecule has 0 fully saturated rings. The lowest BCUT2D eigenvalue weighted by Crippen LogP contribution is -1.97. The van der Waals surface area contributed by atoms with Crippen LogP contribution in [0.5, 0.6) is 17.6 Å². The molecular formula is C14H11BrN4O2. The van der Waals surface area contributed by atoms with Crippen LogP contribution in [-0.4, -0.2) is 22.1 Å². The fourth-order valence-electron chi connectivity index (χ4n) is 1.88. The first kappa shape index (κ1) is 13.6. The number of methoxy groups -OCH3 is 1. The summed E-state index contributed by atoms with van der Waals surface area (Å²) in [5.74, 6) is 0.928. The van der Waals surface area contributed by atoms with Crippen molar-refractivity contribution in [2.24, 2.45) is 0 Å². The minimum Gasteiger partial charge on any atom is -0.480 e. The minimum atomic E-state index is 0.173. The number of anilines is 1. The van der Waals surface area contributed by atoms with Gasteiger partial charge in [-0.15, -0.1) is 0 Å². The lowest BCUT2D eigenvalue weighted by molar-refractivity contribution is 0.374. The van der Waals surface area contributed by atoms with Crippen LogP contribution in [0.3, 0.4) is 0 Å². The zero-order valence-electron chi connectivity index (χ0n) is 11.1. The number of nitrogens with zero attached hydrogens (tertiary/aromatic N) is 3. The standard InChI is InChI=1S/C14H11BrN4O2/c1-20-13-9(15)7-18-14(19-13)21-11-5-4-10(16)8-3-2-6-17-12(8)11/h2-7H,16H2,1H3. The summed E-state index contributed by atoms with van der Waals surface area (Å²) in [4.78, 5) is 12.5. The monoisotopic (exact) mass is 346 g/mol. The number of nitrogens with two attached hydrogens (primary N) is 1. The van der Waals surface area contributed by atoms with Crippen molar-refractivity contribution < 1.29 is 9.47 Å². The third kappa shape index (κ3) is 2.59. The molecule has 0 saturated carbocycles. The second-order valence-corrected chi connectivity index (χ2v) is 5.02. The number of hydrogen-bond acceptors (Lipinski definition) is 6. The molecule has 0 saturated heterocycles. The van der Waals surface area contributed by atoms with Gasteiger partial charge in [0.1, 0.15) is 5.52 Å². The Kier molecular flexibility index (Phi) is 3.57. The van der Waals surface area contributed by atoms with Gasteiger partial charge in [-0.2, -0.15) is 4.98 Å². The van der Waals surface area contributed by atoms with Crippen molar-refractivity contribution >= 4 is 32.5 Å². The first-order valence-corrected chi connectivity index (χ1v) is 6.86. The van der Waals surface area contributed by atoms with E-state index in [2.05, 4.69) is 30.9 Å². The van der Waals surface area contributed by atoms with Gasteiger partial charge in [-0.1, -0.05) is 0 Å². The maximum Gasteiger partial charge on any atom is 0.325 e. The van der Waals surface area contributed by atoms with E-state index in [0.29, 0.717) is 27.3 Å². The predicted octanol–water partition coefficient (Wildman–Crippen LogP) is 3.17. The van der Waals surface area contributed by atoms with Gasteiger partial charge in [0.15, 0.2) is 5.75 Å². The zero-order chi connectivity index (χ0) is 14.8. The number of pyridine rings is 1. The van der Waals surface area contributed by atoms with Crippen molar-refractivity contribution in [3.05, 3.63) is 41.1 Å². The Morgan fingerprint density at radius 1 is 1.19 bits per heavy atom. The van der Waals surface area contributed by atoms with Crippen molar-refractivity contribution in [2.45, 2.75) is 0 Å². The van der Waals surface area contributed by atoms with Gasteiger partial charge in [0.05, 0.1) is 17.8 Å². The number of ether oxygens (including phenoxy) is 2. The molecule has 0 aliphatic heterocycles. The Morgan fingerprint density at radius 2 is 2.05 bits per heavy atom. The highest BCUT2D eigenvalue weighted by molar-refractivity contribution is 9.10. The van der Waals surface area contributed by atoms with Crippen LogP contribution in [0.2, 0.25) is 0 Å². The molecule has 0 amide bonds. The van der Waals surface area contributed by atoms with E-state index in [4.69, 9.17) is 15.2 Å². The van der Waals surface area contributed by atoms with E-state index in [1.165, 1.54) is 7.11 Å². The van der Waals surface area contributed by atoms with Crippen LogP contribution in [-0.2, 0) is 0 Å². The van der Waals surface area contributed by atoms with Gasteiger partial charge in [0, 0.05) is 17.3 Å². The SMILES string of the molecule is COc1nc(Oc2ccc(N)c3cccnc23)ncc1Br. The summed E-state index contributed by atoms with van der Waals surface area (Å²) in [7, 11) is 1.52. The van der Waals surface area contributed by atoms with Gasteiger partial charge < -0.3 is 15.2 Å². The summed E-state index contributed by atoms with van der Waals surface area (Å²) < 4.78 is 11.5. The fraction of sp³-hybridized carbons (Fsp3) is 0.0714. The Labute approximate surface area is 129 Å². The van der Waals surface area contributed by atoms with Crippen LogP contribution in [0.4, 0.5) is 5.69 Å². The van der Waals surface area contributed by atoms with Crippen LogP contribution in [0.25, 0.3) is 10.9 Å². The Morgan fingerprint density at radius 3 is 2.86 bits per heavy atom. The predicted molar refractivity (Wildman–Crippen MR) is 82.5 cm³/mol. The van der Waals surface area contributed by atoms with Gasteiger partial charge >= 0.3 is 6.01 Å². The van der Waals surface area contributed by atoms with Crippen molar-refractivity contribution in [2.75, 3.05) is 12.8 Å². The van der Waals surface area contributed by atoms with Crippen LogP contribution in [0.1, 0.15) is 0 Å². The molecule has 0 atom stereocenters. The maximum atomic E-state index is 5.93. The zero-order valence-corrected chi connectivity index (χ0v) is 12.7. The molecule has 0 aliphatic carbocycles. The number of hydrogen-bond donors (Lipinski definition) is 1. The minimum absolute atomic E-state index is 0.173. The van der Waals surface area contributed by atoms with E-state index < -0.39 is 0 Å². The van der Waals surface area contributed by atoms with Gasteiger partial charge in [-0.05, 0) is 40.2 Å². The number of nitrogen functional groups attached to an aromatic ring is 1. The summed E-state index contributed by atoms with van der Waals surface area (Å²) in [6, 6.07) is 7.37. The number of aromatic nitrogens is 3. The highest BCUT2D eigenvalue weighted by atomic mass is 79.9. The molecule has 2 N–H and O–H groups in total. The van der Waals surface area contributed by atoms with E-state index >= 15 is 0 Å². The molecule has 7 heteroatoms. The lowest BCUT2D eigenvalue weighted by Gasteiger charge is -2.09. The van der Waals surface area contributed by atoms with E-state index in [9.17, 15) is 0 Å². The van der Waals surface area contributed by atoms with Gasteiger partial charge in [0.25, 0.3) is 0 Å². The molecule has 3 aromatic rings. The van der Waals surface area contributed by atoms with E-state index in [1.54, 1.807) is 24.5 Å². The molecule has 0 radical (unpaired) electrons. The van der Waals surface area contributed by atoms with Crippen LogP contribution in [0.15, 0.2) is 41.1 Å². The molecule has 21 heavy (non-hydrogen) atoms. The van der Waals surface area contributed by atoms with Crippen LogP contribution in [0, 0.1) is 0 Å². The fourth-order valence-corrected chi connectivity index (χ4v) is 2.23. The molecule has 0 spiro atoms. The Hall–Kier alpha value is -2.41. The van der Waals surface area contributed by atoms with Crippen LogP contribution < -0.4 is 15.2 Å². The summed E-state index contributed by atoms with van der Waals surface area (Å²) >= 11 is 3.29. The highest BCUT2D eigenvalue weighted by Gasteiger charge is 2.11. The molecule has 2 aromatic heterocycles. The third-order valence-corrected chi connectivity index (χ3v) is 3.39. The first-order chi connectivity index (χ1) is 10.2. The summed E-state index contributed by atoms with van der Waals surface area (Å²) in [6.07, 6.45) is 3.24. The normalized spacial score (nSPS) is 10.6. The average molecular weight is 347 g/mol. The summed E-state index contributed by atoms with van der Waals surface area (Å²) in [6.45, 7) is 0. The molecule has 3 rings (SSSR count). The molecule has 0 bridgehead atoms. The van der Waals surface area contributed by atoms with Gasteiger partial charge in [0.2, 0.25) is 5.88 Å². The number of rotatable bonds is 3. The number of fused-ring (bicyclic) bond motifs is 1. The van der Waals surface area contributed by atoms with Gasteiger partial charge in [-0.3, -0.25) is 4.98 Å². The molecular weight excluding hydrogens is 336 g/mol. The largest absolute Gasteiger partial charge is 0.480 e. The Bertz CT molecular complexity index is 810. The smallest absolute Gasteiger partial charge is 0.325 e. The second-order valence-electron chi connectivity index (χ2n) is 4.16. The van der Waals surface area contributed by atoms with E-state index in [1.807, 2.05) is 12.1 Å². The van der Waals surface area contributed by atoms with Crippen molar-refractivity contribution in [3.8, 4) is 17.6 Å². The van der Waals surface area contributed by atoms with Crippen LogP contribution >= 0.6 is 15.9 Å². The molecule has 0 unspecified atom stereocenters. The van der Waals surface area contributed by atoms with Gasteiger partial charge in [-0.25, -0.2) is 4.98 Å². The molecule has 1 aromatic carbocycles.